The molecule has 0 atom stereocenters. The van der Waals surface area contributed by atoms with Gasteiger partial charge in [-0.2, -0.15) is 0 Å². The fourth-order valence-corrected chi connectivity index (χ4v) is 1.64. The molecule has 112 valence electrons. The summed E-state index contributed by atoms with van der Waals surface area (Å²) < 4.78 is 29.1. The van der Waals surface area contributed by atoms with Gasteiger partial charge in [-0.05, 0) is 31.5 Å². The van der Waals surface area contributed by atoms with Crippen LogP contribution in [0.1, 0.15) is 29.3 Å². The summed E-state index contributed by atoms with van der Waals surface area (Å²) in [6.45, 7) is 5.11. The van der Waals surface area contributed by atoms with Crippen molar-refractivity contribution in [2.24, 2.45) is 0 Å². The maximum Gasteiger partial charge on any atom is 0.163 e. The van der Waals surface area contributed by atoms with Crippen LogP contribution in [0.4, 0.5) is 4.39 Å². The molecule has 0 heterocycles. The Morgan fingerprint density at radius 2 is 1.95 bits per heavy atom. The normalized spacial score (nSPS) is 10.6. The Bertz CT molecular complexity index is 446. The minimum Gasteiger partial charge on any atom is -0.493 e. The van der Waals surface area contributed by atoms with Crippen molar-refractivity contribution in [3.05, 3.63) is 29.1 Å². The van der Waals surface area contributed by atoms with Crippen LogP contribution in [0.3, 0.4) is 0 Å². The number of carbonyl (C=O) groups is 1. The summed E-state index contributed by atoms with van der Waals surface area (Å²) in [7, 11) is 1.62. The molecule has 4 nitrogen and oxygen atoms in total. The van der Waals surface area contributed by atoms with Gasteiger partial charge in [-0.3, -0.25) is 4.79 Å². The summed E-state index contributed by atoms with van der Waals surface area (Å²) >= 11 is 0. The van der Waals surface area contributed by atoms with Gasteiger partial charge in [0.25, 0.3) is 0 Å². The van der Waals surface area contributed by atoms with Crippen molar-refractivity contribution in [2.45, 2.75) is 20.3 Å². The number of Topliss-reactive ketones (excluding diaryl/α,β-unsaturated/α-hetero) is 1. The second kappa shape index (κ2) is 8.66. The molecule has 0 saturated heterocycles. The first kappa shape index (κ1) is 16.6. The first-order valence-electron chi connectivity index (χ1n) is 6.56. The van der Waals surface area contributed by atoms with Gasteiger partial charge in [0.05, 0.1) is 25.4 Å². The molecule has 0 radical (unpaired) electrons. The molecule has 0 unspecified atom stereocenters. The van der Waals surface area contributed by atoms with Crippen molar-refractivity contribution in [2.75, 3.05) is 33.5 Å². The molecule has 5 heteroatoms. The van der Waals surface area contributed by atoms with Gasteiger partial charge in [0.15, 0.2) is 5.78 Å². The highest BCUT2D eigenvalue weighted by atomic mass is 19.1. The highest BCUT2D eigenvalue weighted by molar-refractivity contribution is 5.96. The van der Waals surface area contributed by atoms with E-state index in [1.807, 2.05) is 0 Å². The summed E-state index contributed by atoms with van der Waals surface area (Å²) in [6.07, 6.45) is 0.692. The van der Waals surface area contributed by atoms with Crippen molar-refractivity contribution in [3.63, 3.8) is 0 Å². The Morgan fingerprint density at radius 3 is 2.60 bits per heavy atom. The lowest BCUT2D eigenvalue weighted by molar-refractivity contribution is 0.0643. The molecule has 0 spiro atoms. The first-order valence-corrected chi connectivity index (χ1v) is 6.56. The smallest absolute Gasteiger partial charge is 0.163 e. The van der Waals surface area contributed by atoms with E-state index in [4.69, 9.17) is 14.2 Å². The Hall–Kier alpha value is -1.46. The average molecular weight is 284 g/mol. The number of hydrogen-bond acceptors (Lipinski definition) is 4. The van der Waals surface area contributed by atoms with E-state index < -0.39 is 5.82 Å². The molecule has 0 N–H and O–H groups in total. The van der Waals surface area contributed by atoms with Crippen molar-refractivity contribution < 1.29 is 23.4 Å². The molecule has 0 aliphatic heterocycles. The lowest BCUT2D eigenvalue weighted by Crippen LogP contribution is -2.08. The summed E-state index contributed by atoms with van der Waals surface area (Å²) in [6, 6.07) is 2.78. The van der Waals surface area contributed by atoms with E-state index in [2.05, 4.69) is 0 Å². The third-order valence-corrected chi connectivity index (χ3v) is 2.76. The highest BCUT2D eigenvalue weighted by Crippen LogP contribution is 2.23. The number of rotatable bonds is 9. The van der Waals surface area contributed by atoms with E-state index >= 15 is 0 Å². The second-order valence-electron chi connectivity index (χ2n) is 4.46. The van der Waals surface area contributed by atoms with Crippen molar-refractivity contribution in [1.29, 1.82) is 0 Å². The van der Waals surface area contributed by atoms with Crippen LogP contribution in [0.15, 0.2) is 12.1 Å². The molecule has 1 rings (SSSR count). The van der Waals surface area contributed by atoms with Crippen LogP contribution in [0.5, 0.6) is 5.75 Å². The van der Waals surface area contributed by atoms with Crippen LogP contribution >= 0.6 is 0 Å². The third kappa shape index (κ3) is 5.27. The largest absolute Gasteiger partial charge is 0.493 e. The van der Waals surface area contributed by atoms with Crippen LogP contribution in [-0.2, 0) is 9.47 Å². The molecule has 0 aliphatic rings. The molecule has 0 amide bonds. The third-order valence-electron chi connectivity index (χ3n) is 2.76. The molecule has 1 aromatic carbocycles. The van der Waals surface area contributed by atoms with Gasteiger partial charge < -0.3 is 14.2 Å². The lowest BCUT2D eigenvalue weighted by Gasteiger charge is -2.11. The maximum atomic E-state index is 13.4. The van der Waals surface area contributed by atoms with Crippen LogP contribution in [0.2, 0.25) is 0 Å². The molecular formula is C15H21FO4. The Labute approximate surface area is 118 Å². The number of ether oxygens (including phenoxy) is 3. The monoisotopic (exact) mass is 284 g/mol. The van der Waals surface area contributed by atoms with Crippen LogP contribution in [0.25, 0.3) is 0 Å². The fourth-order valence-electron chi connectivity index (χ4n) is 1.64. The zero-order chi connectivity index (χ0) is 15.0. The zero-order valence-corrected chi connectivity index (χ0v) is 12.2. The number of ketones is 1. The van der Waals surface area contributed by atoms with E-state index in [0.29, 0.717) is 44.2 Å². The Kier molecular flexibility index (Phi) is 7.18. The number of aryl methyl sites for hydroxylation is 1. The van der Waals surface area contributed by atoms with Gasteiger partial charge in [-0.1, -0.05) is 0 Å². The maximum absolute atomic E-state index is 13.4. The second-order valence-corrected chi connectivity index (χ2v) is 4.46. The number of halogens is 1. The quantitative estimate of drug-likeness (QED) is 0.516. The van der Waals surface area contributed by atoms with E-state index in [1.165, 1.54) is 13.0 Å². The lowest BCUT2D eigenvalue weighted by atomic mass is 10.1. The summed E-state index contributed by atoms with van der Waals surface area (Å²) in [5, 5.41) is 0. The van der Waals surface area contributed by atoms with Gasteiger partial charge in [0.1, 0.15) is 11.6 Å². The van der Waals surface area contributed by atoms with Gasteiger partial charge in [-0.15, -0.1) is 0 Å². The molecule has 0 fully saturated rings. The number of methoxy groups -OCH3 is 1. The molecule has 20 heavy (non-hydrogen) atoms. The van der Waals surface area contributed by atoms with Gasteiger partial charge in [0, 0.05) is 20.1 Å². The highest BCUT2D eigenvalue weighted by Gasteiger charge is 2.12. The van der Waals surface area contributed by atoms with Crippen molar-refractivity contribution in [3.8, 4) is 5.75 Å². The first-order chi connectivity index (χ1) is 9.56. The van der Waals surface area contributed by atoms with Crippen LogP contribution in [0, 0.1) is 12.7 Å². The topological polar surface area (TPSA) is 44.8 Å². The SMILES string of the molecule is COCCOCCCOc1cc(C)c(F)cc1C(C)=O. The Morgan fingerprint density at radius 1 is 1.20 bits per heavy atom. The summed E-state index contributed by atoms with van der Waals surface area (Å²) in [4.78, 5) is 11.5. The van der Waals surface area contributed by atoms with E-state index in [1.54, 1.807) is 20.1 Å². The number of benzene rings is 1. The molecule has 0 aliphatic carbocycles. The standard InChI is InChI=1S/C15H21FO4/c1-11-9-15(13(12(2)17)10-14(11)16)20-6-4-5-19-8-7-18-3/h9-10H,4-8H2,1-3H3. The predicted molar refractivity (Wildman–Crippen MR) is 73.9 cm³/mol. The number of carbonyl (C=O) groups excluding carboxylic acids is 1. The van der Waals surface area contributed by atoms with Crippen molar-refractivity contribution >= 4 is 5.78 Å². The van der Waals surface area contributed by atoms with Gasteiger partial charge in [0.2, 0.25) is 0 Å². The molecular weight excluding hydrogens is 263 g/mol. The Balaban J connectivity index is 2.47. The molecule has 1 aromatic rings. The molecule has 0 bridgehead atoms. The number of hydrogen-bond donors (Lipinski definition) is 0. The predicted octanol–water partition coefficient (Wildman–Crippen LogP) is 2.77. The van der Waals surface area contributed by atoms with E-state index in [-0.39, 0.29) is 11.3 Å². The van der Waals surface area contributed by atoms with Gasteiger partial charge in [-0.25, -0.2) is 4.39 Å². The van der Waals surface area contributed by atoms with Gasteiger partial charge >= 0.3 is 0 Å². The molecule has 0 aromatic heterocycles. The molecule has 0 saturated carbocycles. The van der Waals surface area contributed by atoms with Crippen molar-refractivity contribution in [1.82, 2.24) is 0 Å². The summed E-state index contributed by atoms with van der Waals surface area (Å²) in [5.41, 5.74) is 0.731. The average Bonchev–Trinajstić information content (AvgIpc) is 2.41. The minimum absolute atomic E-state index is 0.213. The fraction of sp³-hybridized carbons (Fsp3) is 0.533. The van der Waals surface area contributed by atoms with E-state index in [0.717, 1.165) is 0 Å². The van der Waals surface area contributed by atoms with E-state index in [9.17, 15) is 9.18 Å². The van der Waals surface area contributed by atoms with Crippen LogP contribution < -0.4 is 4.74 Å². The summed E-state index contributed by atoms with van der Waals surface area (Å²) in [5.74, 6) is -0.186. The minimum atomic E-state index is -0.398. The van der Waals surface area contributed by atoms with Crippen LogP contribution in [-0.4, -0.2) is 39.3 Å². The zero-order valence-electron chi connectivity index (χ0n) is 12.2.